The molecule has 2 rings (SSSR count). The van der Waals surface area contributed by atoms with Gasteiger partial charge in [-0.25, -0.2) is 9.59 Å². The van der Waals surface area contributed by atoms with Gasteiger partial charge in [0, 0.05) is 31.7 Å². The quantitative estimate of drug-likeness (QED) is 0.795. The van der Waals surface area contributed by atoms with E-state index in [0.717, 1.165) is 11.1 Å². The zero-order valence-corrected chi connectivity index (χ0v) is 12.2. The minimum atomic E-state index is -1.25. The van der Waals surface area contributed by atoms with Crippen LogP contribution in [0.5, 0.6) is 0 Å². The summed E-state index contributed by atoms with van der Waals surface area (Å²) in [6.45, 7) is 4.47. The summed E-state index contributed by atoms with van der Waals surface area (Å²) in [5.74, 6) is -1.03. The first kappa shape index (κ1) is 15.3. The van der Waals surface area contributed by atoms with E-state index in [1.54, 1.807) is 0 Å². The minimum Gasteiger partial charge on any atom is -0.480 e. The molecule has 1 aliphatic heterocycles. The van der Waals surface area contributed by atoms with Crippen molar-refractivity contribution >= 4 is 17.7 Å². The van der Waals surface area contributed by atoms with Crippen LogP contribution in [0.3, 0.4) is 0 Å². The van der Waals surface area contributed by atoms with Gasteiger partial charge in [-0.2, -0.15) is 0 Å². The number of carbonyl (C=O) groups excluding carboxylic acids is 1. The molecule has 1 aliphatic rings. The van der Waals surface area contributed by atoms with Gasteiger partial charge < -0.3 is 20.5 Å². The Bertz CT molecular complexity index is 551. The summed E-state index contributed by atoms with van der Waals surface area (Å²) >= 11 is 0. The van der Waals surface area contributed by atoms with E-state index in [9.17, 15) is 14.7 Å². The molecule has 1 heterocycles. The van der Waals surface area contributed by atoms with Crippen LogP contribution in [0.25, 0.3) is 0 Å². The molecule has 3 N–H and O–H groups in total. The number of ether oxygens (including phenoxy) is 1. The number of hydrogen-bond donors (Lipinski definition) is 3. The zero-order valence-electron chi connectivity index (χ0n) is 12.2. The number of aliphatic carboxylic acids is 1. The lowest BCUT2D eigenvalue weighted by Crippen LogP contribution is -2.58. The van der Waals surface area contributed by atoms with E-state index in [1.165, 1.54) is 0 Å². The smallest absolute Gasteiger partial charge is 0.329 e. The molecular formula is C15H20N2O4. The summed E-state index contributed by atoms with van der Waals surface area (Å²) in [7, 11) is 0. The van der Waals surface area contributed by atoms with Crippen molar-refractivity contribution in [3.8, 4) is 0 Å². The SMILES string of the molecule is Cc1ccc(C)c(NC(=O)NC2(C(=O)O)CCOCC2)c1. The first-order valence-corrected chi connectivity index (χ1v) is 6.90. The Labute approximate surface area is 123 Å². The highest BCUT2D eigenvalue weighted by Crippen LogP contribution is 2.22. The van der Waals surface area contributed by atoms with E-state index in [-0.39, 0.29) is 12.8 Å². The predicted molar refractivity (Wildman–Crippen MR) is 78.5 cm³/mol. The maximum Gasteiger partial charge on any atom is 0.329 e. The van der Waals surface area contributed by atoms with Crippen molar-refractivity contribution in [1.82, 2.24) is 5.32 Å². The monoisotopic (exact) mass is 292 g/mol. The fourth-order valence-corrected chi connectivity index (χ4v) is 2.35. The Morgan fingerprint density at radius 1 is 1.24 bits per heavy atom. The highest BCUT2D eigenvalue weighted by molar-refractivity contribution is 5.94. The standard InChI is InChI=1S/C15H20N2O4/c1-10-3-4-11(2)12(9-10)16-14(20)17-15(13(18)19)5-7-21-8-6-15/h3-4,9H,5-8H2,1-2H3,(H,18,19)(H2,16,17,20). The Kier molecular flexibility index (Phi) is 4.47. The van der Waals surface area contributed by atoms with Gasteiger partial charge in [0.25, 0.3) is 0 Å². The molecule has 6 heteroatoms. The van der Waals surface area contributed by atoms with Crippen LogP contribution < -0.4 is 10.6 Å². The Balaban J connectivity index is 2.09. The molecule has 0 bridgehead atoms. The summed E-state index contributed by atoms with van der Waals surface area (Å²) in [5, 5.41) is 14.7. The Morgan fingerprint density at radius 3 is 2.52 bits per heavy atom. The molecule has 6 nitrogen and oxygen atoms in total. The lowest BCUT2D eigenvalue weighted by molar-refractivity contribution is -0.148. The Morgan fingerprint density at radius 2 is 1.90 bits per heavy atom. The van der Waals surface area contributed by atoms with E-state index in [2.05, 4.69) is 10.6 Å². The summed E-state index contributed by atoms with van der Waals surface area (Å²) in [4.78, 5) is 23.6. The second-order valence-corrected chi connectivity index (χ2v) is 5.40. The average Bonchev–Trinajstić information content (AvgIpc) is 2.43. The van der Waals surface area contributed by atoms with Gasteiger partial charge >= 0.3 is 12.0 Å². The maximum atomic E-state index is 12.1. The van der Waals surface area contributed by atoms with Crippen molar-refractivity contribution in [1.29, 1.82) is 0 Å². The van der Waals surface area contributed by atoms with Gasteiger partial charge in [-0.1, -0.05) is 12.1 Å². The third-order valence-corrected chi connectivity index (χ3v) is 3.75. The van der Waals surface area contributed by atoms with Crippen molar-refractivity contribution in [2.24, 2.45) is 0 Å². The van der Waals surface area contributed by atoms with Crippen LogP contribution in [-0.4, -0.2) is 35.9 Å². The van der Waals surface area contributed by atoms with Crippen LogP contribution in [0.4, 0.5) is 10.5 Å². The average molecular weight is 292 g/mol. The van der Waals surface area contributed by atoms with Gasteiger partial charge in [-0.15, -0.1) is 0 Å². The number of rotatable bonds is 3. The number of urea groups is 1. The topological polar surface area (TPSA) is 87.7 Å². The predicted octanol–water partition coefficient (Wildman–Crippen LogP) is 2.06. The number of carboxylic acids is 1. The number of nitrogens with one attached hydrogen (secondary N) is 2. The molecular weight excluding hydrogens is 272 g/mol. The molecule has 1 aromatic rings. The fraction of sp³-hybridized carbons (Fsp3) is 0.467. The molecule has 0 unspecified atom stereocenters. The van der Waals surface area contributed by atoms with Crippen LogP contribution in [0.15, 0.2) is 18.2 Å². The molecule has 2 amide bonds. The number of benzene rings is 1. The normalized spacial score (nSPS) is 17.0. The molecule has 0 saturated carbocycles. The lowest BCUT2D eigenvalue weighted by Gasteiger charge is -2.33. The Hall–Kier alpha value is -2.08. The van der Waals surface area contributed by atoms with Gasteiger partial charge in [-0.3, -0.25) is 0 Å². The third kappa shape index (κ3) is 3.52. The molecule has 0 radical (unpaired) electrons. The molecule has 0 aliphatic carbocycles. The van der Waals surface area contributed by atoms with Gasteiger partial charge in [-0.05, 0) is 31.0 Å². The van der Waals surface area contributed by atoms with Crippen molar-refractivity contribution in [3.05, 3.63) is 29.3 Å². The highest BCUT2D eigenvalue weighted by Gasteiger charge is 2.41. The summed E-state index contributed by atoms with van der Waals surface area (Å²) < 4.78 is 5.17. The molecule has 1 saturated heterocycles. The molecule has 0 atom stereocenters. The summed E-state index contributed by atoms with van der Waals surface area (Å²) in [5.41, 5.74) is 1.38. The van der Waals surface area contributed by atoms with Gasteiger partial charge in [0.2, 0.25) is 0 Å². The van der Waals surface area contributed by atoms with Gasteiger partial charge in [0.05, 0.1) is 0 Å². The molecule has 21 heavy (non-hydrogen) atoms. The fourth-order valence-electron chi connectivity index (χ4n) is 2.35. The highest BCUT2D eigenvalue weighted by atomic mass is 16.5. The van der Waals surface area contributed by atoms with E-state index in [0.29, 0.717) is 18.9 Å². The van der Waals surface area contributed by atoms with Gasteiger partial charge in [0.15, 0.2) is 0 Å². The number of amides is 2. The third-order valence-electron chi connectivity index (χ3n) is 3.75. The first-order valence-electron chi connectivity index (χ1n) is 6.90. The first-order chi connectivity index (χ1) is 9.93. The zero-order chi connectivity index (χ0) is 15.5. The van der Waals surface area contributed by atoms with E-state index < -0.39 is 17.5 Å². The number of hydrogen-bond acceptors (Lipinski definition) is 3. The molecule has 0 spiro atoms. The molecule has 0 aromatic heterocycles. The summed E-state index contributed by atoms with van der Waals surface area (Å²) in [6, 6.07) is 5.21. The lowest BCUT2D eigenvalue weighted by atomic mass is 9.90. The van der Waals surface area contributed by atoms with Crippen molar-refractivity contribution in [3.63, 3.8) is 0 Å². The van der Waals surface area contributed by atoms with Gasteiger partial charge in [0.1, 0.15) is 5.54 Å². The van der Waals surface area contributed by atoms with Crippen molar-refractivity contribution in [2.45, 2.75) is 32.2 Å². The molecule has 114 valence electrons. The second kappa shape index (κ2) is 6.13. The summed E-state index contributed by atoms with van der Waals surface area (Å²) in [6.07, 6.45) is 0.533. The van der Waals surface area contributed by atoms with Crippen LogP contribution in [0, 0.1) is 13.8 Å². The number of carbonyl (C=O) groups is 2. The van der Waals surface area contributed by atoms with Crippen molar-refractivity contribution in [2.75, 3.05) is 18.5 Å². The number of carboxylic acid groups (broad SMARTS) is 1. The van der Waals surface area contributed by atoms with Crippen molar-refractivity contribution < 1.29 is 19.4 Å². The minimum absolute atomic E-state index is 0.266. The largest absolute Gasteiger partial charge is 0.480 e. The number of aryl methyl sites for hydroxylation is 2. The second-order valence-electron chi connectivity index (χ2n) is 5.40. The van der Waals surface area contributed by atoms with Crippen LogP contribution in [-0.2, 0) is 9.53 Å². The van der Waals surface area contributed by atoms with Crippen LogP contribution in [0.2, 0.25) is 0 Å². The van der Waals surface area contributed by atoms with E-state index in [1.807, 2.05) is 32.0 Å². The van der Waals surface area contributed by atoms with E-state index in [4.69, 9.17) is 4.74 Å². The van der Waals surface area contributed by atoms with E-state index >= 15 is 0 Å². The van der Waals surface area contributed by atoms with Crippen LogP contribution in [0.1, 0.15) is 24.0 Å². The maximum absolute atomic E-state index is 12.1. The van der Waals surface area contributed by atoms with Crippen LogP contribution >= 0.6 is 0 Å². The molecule has 1 aromatic carbocycles. The number of anilines is 1. The molecule has 1 fully saturated rings.